The molecule has 2 bridgehead atoms. The fourth-order valence-corrected chi connectivity index (χ4v) is 5.37. The van der Waals surface area contributed by atoms with Gasteiger partial charge < -0.3 is 24.3 Å². The van der Waals surface area contributed by atoms with Crippen molar-refractivity contribution < 1.29 is 23.7 Å². The van der Waals surface area contributed by atoms with Gasteiger partial charge in [-0.1, -0.05) is 50.3 Å². The van der Waals surface area contributed by atoms with E-state index in [-0.39, 0.29) is 17.9 Å². The molecular formula is C26H29N3O5. The summed E-state index contributed by atoms with van der Waals surface area (Å²) in [6.45, 7) is 8.32. The van der Waals surface area contributed by atoms with Gasteiger partial charge in [-0.15, -0.1) is 0 Å². The molecule has 0 saturated carbocycles. The van der Waals surface area contributed by atoms with Crippen molar-refractivity contribution in [3.05, 3.63) is 71.9 Å². The molecule has 8 nitrogen and oxygen atoms in total. The molecule has 2 saturated heterocycles. The van der Waals surface area contributed by atoms with Crippen molar-refractivity contribution in [1.29, 1.82) is 0 Å². The number of ether oxygens (including phenoxy) is 4. The van der Waals surface area contributed by atoms with Crippen LogP contribution in [0.2, 0.25) is 0 Å². The highest BCUT2D eigenvalue weighted by atomic mass is 16.8. The van der Waals surface area contributed by atoms with Crippen LogP contribution in [0.5, 0.6) is 0 Å². The zero-order valence-corrected chi connectivity index (χ0v) is 19.8. The van der Waals surface area contributed by atoms with Crippen LogP contribution in [0.3, 0.4) is 0 Å². The second-order valence-corrected chi connectivity index (χ2v) is 10.1. The van der Waals surface area contributed by atoms with Crippen molar-refractivity contribution in [2.75, 3.05) is 6.61 Å². The average Bonchev–Trinajstić information content (AvgIpc) is 2.91. The van der Waals surface area contributed by atoms with Crippen LogP contribution in [0.4, 0.5) is 0 Å². The van der Waals surface area contributed by atoms with Crippen molar-refractivity contribution in [3.8, 4) is 0 Å². The van der Waals surface area contributed by atoms with Gasteiger partial charge >= 0.3 is 0 Å². The van der Waals surface area contributed by atoms with Gasteiger partial charge in [0.1, 0.15) is 12.1 Å². The summed E-state index contributed by atoms with van der Waals surface area (Å²) in [5.41, 5.74) is -0.216. The monoisotopic (exact) mass is 463 g/mol. The van der Waals surface area contributed by atoms with E-state index >= 15 is 0 Å². The van der Waals surface area contributed by atoms with Crippen LogP contribution >= 0.6 is 0 Å². The molecule has 6 rings (SSSR count). The lowest BCUT2D eigenvalue weighted by Gasteiger charge is -2.57. The number of amides is 1. The number of carbonyl (C=O) groups is 1. The number of hydrogen-bond acceptors (Lipinski definition) is 7. The molecule has 1 amide bonds. The van der Waals surface area contributed by atoms with Gasteiger partial charge in [-0.05, 0) is 37.5 Å². The summed E-state index contributed by atoms with van der Waals surface area (Å²) in [5, 5.41) is 3.11. The number of fused-ring (bicyclic) bond motifs is 2. The topological polar surface area (TPSA) is 81.6 Å². The quantitative estimate of drug-likeness (QED) is 0.742. The predicted octanol–water partition coefficient (Wildman–Crippen LogP) is 2.98. The molecule has 0 aliphatic carbocycles. The van der Waals surface area contributed by atoms with E-state index in [2.05, 4.69) is 5.32 Å². The molecule has 2 fully saturated rings. The fraction of sp³-hybridized carbons (Fsp3) is 0.462. The summed E-state index contributed by atoms with van der Waals surface area (Å²) < 4.78 is 26.1. The van der Waals surface area contributed by atoms with Gasteiger partial charge in [0.05, 0.1) is 24.2 Å². The Morgan fingerprint density at radius 2 is 2.00 bits per heavy atom. The Balaban J connectivity index is 1.61. The van der Waals surface area contributed by atoms with Crippen LogP contribution < -0.4 is 5.32 Å². The predicted molar refractivity (Wildman–Crippen MR) is 124 cm³/mol. The molecule has 0 radical (unpaired) electrons. The largest absolute Gasteiger partial charge is 0.447 e. The molecular weight excluding hydrogens is 434 g/mol. The minimum Gasteiger partial charge on any atom is -0.447 e. The van der Waals surface area contributed by atoms with Crippen LogP contribution in [0.25, 0.3) is 0 Å². The average molecular weight is 464 g/mol. The molecule has 8 heteroatoms. The molecule has 0 unspecified atom stereocenters. The van der Waals surface area contributed by atoms with E-state index in [1.165, 1.54) is 0 Å². The van der Waals surface area contributed by atoms with Crippen LogP contribution in [0.15, 0.2) is 71.3 Å². The van der Waals surface area contributed by atoms with Gasteiger partial charge in [0, 0.05) is 6.42 Å². The normalized spacial score (nSPS) is 35.1. The Morgan fingerprint density at radius 1 is 1.21 bits per heavy atom. The van der Waals surface area contributed by atoms with Gasteiger partial charge in [0.25, 0.3) is 5.91 Å². The van der Waals surface area contributed by atoms with Crippen molar-refractivity contribution in [1.82, 2.24) is 10.2 Å². The minimum absolute atomic E-state index is 0.000966. The number of aliphatic imine (C=N–C) groups is 1. The summed E-state index contributed by atoms with van der Waals surface area (Å²) in [7, 11) is 0. The highest BCUT2D eigenvalue weighted by Gasteiger charge is 2.76. The van der Waals surface area contributed by atoms with Crippen molar-refractivity contribution in [2.45, 2.75) is 63.4 Å². The Hall–Kier alpha value is -2.94. The number of nitrogens with one attached hydrogen (secondary N) is 1. The van der Waals surface area contributed by atoms with E-state index in [0.29, 0.717) is 30.4 Å². The summed E-state index contributed by atoms with van der Waals surface area (Å²) in [4.78, 5) is 20.5. The first kappa shape index (κ1) is 21.6. The molecule has 1 aromatic rings. The highest BCUT2D eigenvalue weighted by Crippen LogP contribution is 2.56. The van der Waals surface area contributed by atoms with E-state index < -0.39 is 23.2 Å². The third kappa shape index (κ3) is 2.82. The third-order valence-electron chi connectivity index (χ3n) is 7.14. The molecule has 1 aromatic carbocycles. The van der Waals surface area contributed by atoms with Gasteiger partial charge in [-0.25, -0.2) is 0 Å². The number of nitrogens with zero attached hydrogens (tertiary/aromatic N) is 2. The van der Waals surface area contributed by atoms with E-state index in [1.807, 2.05) is 75.1 Å². The molecule has 4 atom stereocenters. The summed E-state index contributed by atoms with van der Waals surface area (Å²) in [6, 6.07) is 9.29. The first-order valence-corrected chi connectivity index (χ1v) is 11.8. The summed E-state index contributed by atoms with van der Waals surface area (Å²) in [5.74, 6) is -0.695. The van der Waals surface area contributed by atoms with Gasteiger partial charge in [-0.3, -0.25) is 9.69 Å². The Bertz CT molecular complexity index is 1150. The Morgan fingerprint density at radius 3 is 2.76 bits per heavy atom. The summed E-state index contributed by atoms with van der Waals surface area (Å²) in [6.07, 6.45) is 7.18. The van der Waals surface area contributed by atoms with Gasteiger partial charge in [0.2, 0.25) is 17.4 Å². The van der Waals surface area contributed by atoms with Gasteiger partial charge in [-0.2, -0.15) is 4.99 Å². The fourth-order valence-electron chi connectivity index (χ4n) is 5.37. The van der Waals surface area contributed by atoms with Gasteiger partial charge in [0.15, 0.2) is 5.82 Å². The molecule has 5 aliphatic rings. The maximum absolute atomic E-state index is 13.7. The summed E-state index contributed by atoms with van der Waals surface area (Å²) >= 11 is 0. The molecule has 178 valence electrons. The van der Waals surface area contributed by atoms with Crippen molar-refractivity contribution in [2.24, 2.45) is 10.9 Å². The Kier molecular flexibility index (Phi) is 4.62. The van der Waals surface area contributed by atoms with Crippen molar-refractivity contribution in [3.63, 3.8) is 0 Å². The molecule has 5 aliphatic heterocycles. The Labute approximate surface area is 198 Å². The highest BCUT2D eigenvalue weighted by molar-refractivity contribution is 5.94. The van der Waals surface area contributed by atoms with E-state index in [9.17, 15) is 4.79 Å². The van der Waals surface area contributed by atoms with Crippen LogP contribution in [0.1, 0.15) is 33.3 Å². The molecule has 5 heterocycles. The zero-order chi connectivity index (χ0) is 23.7. The SMILES string of the molecule is CC(C)C1=C2N=C3OC=CC=C[C@@]34OC[C@H]3O[C@@]4(OC3(C)C)N2[C@@H](Cc2ccccc2)C(=O)N1. The molecule has 1 N–H and O–H groups in total. The first-order chi connectivity index (χ1) is 16.3. The molecule has 0 aromatic heterocycles. The minimum atomic E-state index is -1.47. The lowest BCUT2D eigenvalue weighted by atomic mass is 9.88. The number of carbonyl (C=O) groups excluding carboxylic acids is 1. The maximum atomic E-state index is 13.7. The van der Waals surface area contributed by atoms with Crippen LogP contribution in [-0.2, 0) is 30.2 Å². The third-order valence-corrected chi connectivity index (χ3v) is 7.14. The lowest BCUT2D eigenvalue weighted by molar-refractivity contribution is -0.360. The standard InChI is InChI=1S/C26H29N3O5/c1-16(2)20-21-28-23-25(12-8-9-13-31-23)26(33-19(15-32-25)24(3,4)34-26)29(21)18(22(30)27-20)14-17-10-6-5-7-11-17/h5-13,16,18-19H,14-15H2,1-4H3,(H,27,30)/t18-,19+,25+,26-/m0/s1. The number of hydrogen-bond donors (Lipinski definition) is 1. The van der Waals surface area contributed by atoms with Crippen molar-refractivity contribution >= 4 is 11.8 Å². The second-order valence-electron chi connectivity index (χ2n) is 10.1. The lowest BCUT2D eigenvalue weighted by Crippen LogP contribution is -2.77. The van der Waals surface area contributed by atoms with E-state index in [4.69, 9.17) is 23.9 Å². The molecule has 2 spiro atoms. The smallest absolute Gasteiger partial charge is 0.298 e. The maximum Gasteiger partial charge on any atom is 0.298 e. The first-order valence-electron chi connectivity index (χ1n) is 11.8. The van der Waals surface area contributed by atoms with E-state index in [1.54, 1.807) is 12.3 Å². The number of allylic oxidation sites excluding steroid dienone is 3. The van der Waals surface area contributed by atoms with Crippen LogP contribution in [0, 0.1) is 5.92 Å². The second kappa shape index (κ2) is 7.28. The molecule has 34 heavy (non-hydrogen) atoms. The number of rotatable bonds is 3. The number of benzene rings is 1. The zero-order valence-electron chi connectivity index (χ0n) is 19.8. The van der Waals surface area contributed by atoms with E-state index in [0.717, 1.165) is 5.56 Å². The van der Waals surface area contributed by atoms with Crippen LogP contribution in [-0.4, -0.2) is 52.6 Å².